The molecule has 1 atom stereocenters. The molecule has 0 spiro atoms. The number of nitrogens with one attached hydrogen (secondary N) is 2. The van der Waals surface area contributed by atoms with Gasteiger partial charge in [0.05, 0.1) is 5.69 Å². The summed E-state index contributed by atoms with van der Waals surface area (Å²) in [5.41, 5.74) is 3.51. The molecule has 2 N–H and O–H groups in total. The minimum absolute atomic E-state index is 0.222. The van der Waals surface area contributed by atoms with Crippen LogP contribution in [0.15, 0.2) is 34.6 Å². The van der Waals surface area contributed by atoms with Gasteiger partial charge in [-0.25, -0.2) is 4.98 Å². The number of hydrogen-bond acceptors (Lipinski definition) is 4. The van der Waals surface area contributed by atoms with Crippen molar-refractivity contribution < 1.29 is 4.79 Å². The van der Waals surface area contributed by atoms with Crippen molar-refractivity contribution in [3.8, 4) is 10.6 Å². The Morgan fingerprint density at radius 3 is 2.86 bits per heavy atom. The van der Waals surface area contributed by atoms with Crippen LogP contribution >= 0.6 is 11.3 Å². The highest BCUT2D eigenvalue weighted by molar-refractivity contribution is 7.13. The molecule has 0 aliphatic carbocycles. The van der Waals surface area contributed by atoms with Crippen molar-refractivity contribution in [1.29, 1.82) is 0 Å². The van der Waals surface area contributed by atoms with E-state index in [1.165, 1.54) is 11.1 Å². The van der Waals surface area contributed by atoms with Crippen LogP contribution in [0, 0.1) is 6.92 Å². The molecule has 7 heteroatoms. The van der Waals surface area contributed by atoms with Gasteiger partial charge in [-0.15, -0.1) is 11.3 Å². The van der Waals surface area contributed by atoms with Crippen LogP contribution in [0.5, 0.6) is 0 Å². The quantitative estimate of drug-likeness (QED) is 0.579. The number of aliphatic imine (C=N–C) groups is 1. The van der Waals surface area contributed by atoms with Gasteiger partial charge in [0.25, 0.3) is 0 Å². The van der Waals surface area contributed by atoms with Crippen molar-refractivity contribution in [1.82, 2.24) is 20.5 Å². The van der Waals surface area contributed by atoms with Gasteiger partial charge in [-0.1, -0.05) is 36.8 Å². The fourth-order valence-electron chi connectivity index (χ4n) is 3.28. The third kappa shape index (κ3) is 5.32. The highest BCUT2D eigenvalue weighted by Crippen LogP contribution is 2.24. The number of aryl methyl sites for hydroxylation is 1. The Morgan fingerprint density at radius 1 is 1.36 bits per heavy atom. The van der Waals surface area contributed by atoms with Crippen LogP contribution in [0.1, 0.15) is 31.0 Å². The first kappa shape index (κ1) is 20.3. The van der Waals surface area contributed by atoms with E-state index < -0.39 is 0 Å². The lowest BCUT2D eigenvalue weighted by Gasteiger charge is -2.18. The lowest BCUT2D eigenvalue weighted by atomic mass is 10.2. The molecule has 1 saturated heterocycles. The smallest absolute Gasteiger partial charge is 0.222 e. The monoisotopic (exact) mass is 399 g/mol. The molecule has 3 rings (SSSR count). The average molecular weight is 400 g/mol. The third-order valence-corrected chi connectivity index (χ3v) is 5.87. The van der Waals surface area contributed by atoms with E-state index in [9.17, 15) is 4.79 Å². The number of carbonyl (C=O) groups excluding carboxylic acids is 1. The van der Waals surface area contributed by atoms with Crippen LogP contribution in [0.25, 0.3) is 10.6 Å². The third-order valence-electron chi connectivity index (χ3n) is 4.93. The Hall–Kier alpha value is -2.41. The number of guanidine groups is 1. The summed E-state index contributed by atoms with van der Waals surface area (Å²) in [5.74, 6) is 1.00. The largest absolute Gasteiger partial charge is 0.356 e. The number of aromatic nitrogens is 1. The summed E-state index contributed by atoms with van der Waals surface area (Å²) >= 11 is 1.68. The van der Waals surface area contributed by atoms with Gasteiger partial charge in [-0.05, 0) is 13.3 Å². The minimum atomic E-state index is 0.222. The van der Waals surface area contributed by atoms with Crippen LogP contribution in [-0.2, 0) is 11.2 Å². The first-order valence-electron chi connectivity index (χ1n) is 9.85. The van der Waals surface area contributed by atoms with Crippen molar-refractivity contribution in [2.75, 3.05) is 26.7 Å². The lowest BCUT2D eigenvalue weighted by Crippen LogP contribution is -2.45. The normalized spacial score (nSPS) is 17.0. The number of nitrogens with zero attached hydrogens (tertiary/aromatic N) is 3. The Kier molecular flexibility index (Phi) is 7.03. The maximum atomic E-state index is 11.8. The van der Waals surface area contributed by atoms with E-state index in [1.54, 1.807) is 18.4 Å². The van der Waals surface area contributed by atoms with E-state index in [0.29, 0.717) is 6.42 Å². The van der Waals surface area contributed by atoms with E-state index in [2.05, 4.69) is 52.2 Å². The van der Waals surface area contributed by atoms with Gasteiger partial charge in [0, 0.05) is 56.5 Å². The van der Waals surface area contributed by atoms with Gasteiger partial charge in [0.1, 0.15) is 5.01 Å². The molecular weight excluding hydrogens is 370 g/mol. The molecule has 1 amide bonds. The molecule has 28 heavy (non-hydrogen) atoms. The standard InChI is InChI=1S/C21H29N5OS/c1-4-19(27)26-12-10-17(13-26)25-21(22-3)23-11-9-18-14-28-20(24-18)16-7-5-15(2)6-8-16/h5-8,14,17H,4,9-13H2,1-3H3,(H2,22,23,25). The van der Waals surface area contributed by atoms with Crippen molar-refractivity contribution in [3.63, 3.8) is 0 Å². The second kappa shape index (κ2) is 9.68. The zero-order chi connectivity index (χ0) is 19.9. The molecule has 1 fully saturated rings. The van der Waals surface area contributed by atoms with E-state index in [4.69, 9.17) is 4.98 Å². The molecule has 1 aliphatic rings. The number of carbonyl (C=O) groups is 1. The summed E-state index contributed by atoms with van der Waals surface area (Å²) in [6.45, 7) is 6.34. The predicted molar refractivity (Wildman–Crippen MR) is 116 cm³/mol. The number of hydrogen-bond donors (Lipinski definition) is 2. The van der Waals surface area contributed by atoms with Crippen molar-refractivity contribution in [3.05, 3.63) is 40.9 Å². The van der Waals surface area contributed by atoms with Crippen LogP contribution in [0.3, 0.4) is 0 Å². The lowest BCUT2D eigenvalue weighted by molar-refractivity contribution is -0.129. The maximum Gasteiger partial charge on any atom is 0.222 e. The van der Waals surface area contributed by atoms with Crippen molar-refractivity contribution >= 4 is 23.2 Å². The predicted octanol–water partition coefficient (Wildman–Crippen LogP) is 2.84. The molecule has 0 saturated carbocycles. The average Bonchev–Trinajstić information content (AvgIpc) is 3.37. The minimum Gasteiger partial charge on any atom is -0.356 e. The van der Waals surface area contributed by atoms with Crippen LogP contribution in [0.4, 0.5) is 0 Å². The highest BCUT2D eigenvalue weighted by Gasteiger charge is 2.25. The van der Waals surface area contributed by atoms with Gasteiger partial charge in [-0.3, -0.25) is 9.79 Å². The second-order valence-electron chi connectivity index (χ2n) is 7.08. The Labute approximate surface area is 171 Å². The van der Waals surface area contributed by atoms with Crippen molar-refractivity contribution in [2.45, 2.75) is 39.2 Å². The SMILES string of the molecule is CCC(=O)N1CCC(NC(=NC)NCCc2csc(-c3ccc(C)cc3)n2)C1. The number of rotatable bonds is 6. The molecular formula is C21H29N5OS. The summed E-state index contributed by atoms with van der Waals surface area (Å²) in [5, 5.41) is 9.97. The fraction of sp³-hybridized carbons (Fsp3) is 0.476. The fourth-order valence-corrected chi connectivity index (χ4v) is 4.14. The van der Waals surface area contributed by atoms with Gasteiger partial charge < -0.3 is 15.5 Å². The molecule has 0 radical (unpaired) electrons. The molecule has 1 unspecified atom stereocenters. The number of likely N-dealkylation sites (tertiary alicyclic amines) is 1. The Morgan fingerprint density at radius 2 is 2.14 bits per heavy atom. The number of benzene rings is 1. The first-order valence-corrected chi connectivity index (χ1v) is 10.7. The summed E-state index contributed by atoms with van der Waals surface area (Å²) < 4.78 is 0. The number of thiazole rings is 1. The summed E-state index contributed by atoms with van der Waals surface area (Å²) in [6, 6.07) is 8.73. The van der Waals surface area contributed by atoms with Crippen LogP contribution in [-0.4, -0.2) is 54.5 Å². The van der Waals surface area contributed by atoms with Gasteiger partial charge in [-0.2, -0.15) is 0 Å². The second-order valence-corrected chi connectivity index (χ2v) is 7.94. The zero-order valence-electron chi connectivity index (χ0n) is 16.9. The molecule has 150 valence electrons. The Bertz CT molecular complexity index is 814. The van der Waals surface area contributed by atoms with E-state index in [-0.39, 0.29) is 11.9 Å². The molecule has 1 aromatic carbocycles. The molecule has 1 aromatic heterocycles. The summed E-state index contributed by atoms with van der Waals surface area (Å²) in [7, 11) is 1.78. The molecule has 1 aliphatic heterocycles. The van der Waals surface area contributed by atoms with Gasteiger partial charge >= 0.3 is 0 Å². The zero-order valence-corrected chi connectivity index (χ0v) is 17.7. The highest BCUT2D eigenvalue weighted by atomic mass is 32.1. The number of amides is 1. The topological polar surface area (TPSA) is 69.6 Å². The van der Waals surface area contributed by atoms with Gasteiger partial charge in [0.2, 0.25) is 5.91 Å². The molecule has 2 aromatic rings. The molecule has 6 nitrogen and oxygen atoms in total. The maximum absolute atomic E-state index is 11.8. The van der Waals surface area contributed by atoms with E-state index >= 15 is 0 Å². The molecule has 2 heterocycles. The van der Waals surface area contributed by atoms with E-state index in [1.807, 2.05) is 11.8 Å². The molecule has 0 bridgehead atoms. The Balaban J connectivity index is 1.45. The van der Waals surface area contributed by atoms with Crippen molar-refractivity contribution in [2.24, 2.45) is 4.99 Å². The summed E-state index contributed by atoms with van der Waals surface area (Å²) in [4.78, 5) is 22.8. The van der Waals surface area contributed by atoms with Crippen LogP contribution < -0.4 is 10.6 Å². The first-order chi connectivity index (χ1) is 13.6. The van der Waals surface area contributed by atoms with Crippen LogP contribution in [0.2, 0.25) is 0 Å². The summed E-state index contributed by atoms with van der Waals surface area (Å²) in [6.07, 6.45) is 2.37. The van der Waals surface area contributed by atoms with Gasteiger partial charge in [0.15, 0.2) is 5.96 Å². The van der Waals surface area contributed by atoms with E-state index in [0.717, 1.165) is 49.1 Å².